The highest BCUT2D eigenvalue weighted by Gasteiger charge is 2.38. The van der Waals surface area contributed by atoms with Gasteiger partial charge in [-0.05, 0) is 102 Å². The topological polar surface area (TPSA) is 276 Å². The van der Waals surface area contributed by atoms with Gasteiger partial charge in [-0.3, -0.25) is 10.1 Å². The van der Waals surface area contributed by atoms with E-state index in [1.165, 1.54) is 18.2 Å². The zero-order chi connectivity index (χ0) is 50.7. The quantitative estimate of drug-likeness (QED) is 0.0538. The number of carboxylic acid groups (broad SMARTS) is 1. The average Bonchev–Trinajstić information content (AvgIpc) is 3.22. The van der Waals surface area contributed by atoms with E-state index in [1.807, 2.05) is 0 Å². The highest BCUT2D eigenvalue weighted by Crippen LogP contribution is 2.38. The van der Waals surface area contributed by atoms with Crippen molar-refractivity contribution in [3.05, 3.63) is 77.7 Å². The summed E-state index contributed by atoms with van der Waals surface area (Å²) in [7, 11) is -8.27. The number of aliphatic carboxylic acids is 1. The number of hydrogen-bond donors (Lipinski definition) is 7. The molecule has 5 rings (SSSR count). The molecule has 0 spiro atoms. The summed E-state index contributed by atoms with van der Waals surface area (Å²) in [6.45, 7) is 8.22. The molecule has 0 aromatic heterocycles. The molecule has 2 aliphatic rings. The maximum absolute atomic E-state index is 12.8. The van der Waals surface area contributed by atoms with Crippen molar-refractivity contribution < 1.29 is 64.3 Å². The van der Waals surface area contributed by atoms with Crippen molar-refractivity contribution in [1.29, 1.82) is 0 Å². The normalized spacial score (nSPS) is 15.0. The Morgan fingerprint density at radius 1 is 0.791 bits per heavy atom. The number of nitro benzene ring substituents is 1. The average molecular weight is 1090 g/mol. The number of phenolic OH excluding ortho intramolecular Hbond substituents is 1. The monoisotopic (exact) mass is 1090 g/mol. The zero-order valence-corrected chi connectivity index (χ0v) is 40.9. The molecule has 372 valence electrons. The maximum Gasteiger partial charge on any atom is 0.490 e. The molecule has 0 bridgehead atoms. The maximum atomic E-state index is 12.8. The molecule has 2 aliphatic heterocycles. The minimum atomic E-state index is -5.08. The summed E-state index contributed by atoms with van der Waals surface area (Å²) in [4.78, 5) is 44.1. The Morgan fingerprint density at radius 2 is 1.28 bits per heavy atom. The van der Waals surface area contributed by atoms with Crippen molar-refractivity contribution in [2.45, 2.75) is 68.0 Å². The largest absolute Gasteiger partial charge is 0.504 e. The molecule has 0 radical (unpaired) electrons. The number of nitrogens with zero attached hydrogens (tertiary/aromatic N) is 2. The van der Waals surface area contributed by atoms with Crippen LogP contribution in [0.2, 0.25) is 25.1 Å². The standard InChI is InChI=1S/C19H21Cl3N4O4S.C17H23Cl2N3O6S.C2HF3O2/c20-12-2-1-3-14(16(12)22)25-19(28)26-15-5-4-13(21)18(17(15)27)31(29,30)24-10-11-6-8-23-9-7-11;1-17(2,3)28-16(23)21-8-6-11(7-9-21)10-20-29(26,27)15-12(18)4-5-13(14(15)19)22(24)25;3-2(4,5)1(6)7/h1-5,11,23-24,27H,6-10H2,(H2,25,26,28);4-5,11,20H,6-10H2,1-3H3;(H,6,7). The fourth-order valence-electron chi connectivity index (χ4n) is 6.02. The lowest BCUT2D eigenvalue weighted by Gasteiger charge is -2.33. The van der Waals surface area contributed by atoms with Gasteiger partial charge in [0.05, 0.1) is 36.4 Å². The van der Waals surface area contributed by atoms with Crippen LogP contribution in [0.4, 0.5) is 39.8 Å². The number of aromatic hydroxyl groups is 1. The third kappa shape index (κ3) is 17.4. The van der Waals surface area contributed by atoms with Gasteiger partial charge in [0, 0.05) is 32.2 Å². The molecule has 0 atom stereocenters. The molecule has 0 aliphatic carbocycles. The summed E-state index contributed by atoms with van der Waals surface area (Å²) in [6, 6.07) is 8.69. The highest BCUT2D eigenvalue weighted by atomic mass is 35.5. The van der Waals surface area contributed by atoms with Gasteiger partial charge in [0.2, 0.25) is 20.0 Å². The van der Waals surface area contributed by atoms with Gasteiger partial charge in [0.1, 0.15) is 20.4 Å². The molecule has 2 fully saturated rings. The van der Waals surface area contributed by atoms with Gasteiger partial charge < -0.3 is 35.8 Å². The number of nitrogens with one attached hydrogen (secondary N) is 5. The lowest BCUT2D eigenvalue weighted by atomic mass is 9.97. The van der Waals surface area contributed by atoms with Crippen molar-refractivity contribution in [3.63, 3.8) is 0 Å². The molecule has 2 saturated heterocycles. The number of carboxylic acids is 1. The summed E-state index contributed by atoms with van der Waals surface area (Å²) in [5.74, 6) is -3.25. The summed E-state index contributed by atoms with van der Waals surface area (Å²) in [6.07, 6.45) is -2.63. The SMILES string of the molecule is CC(C)(C)OC(=O)N1CCC(CNS(=O)(=O)c2c(Cl)ccc([N+](=O)[O-])c2Cl)CC1.O=C(Nc1ccc(Cl)c(S(=O)(=O)NCC2CCNCC2)c1O)Nc1cccc(Cl)c1Cl.O=C(O)C(F)(F)F. The van der Waals surface area contributed by atoms with E-state index in [4.69, 9.17) is 72.6 Å². The Bertz CT molecular complexity index is 2510. The number of carbonyl (C=O) groups is 3. The van der Waals surface area contributed by atoms with Crippen LogP contribution in [0.25, 0.3) is 0 Å². The Hall–Kier alpha value is -4.11. The molecule has 3 aromatic rings. The number of ether oxygens (including phenoxy) is 1. The first-order valence-corrected chi connectivity index (χ1v) is 24.4. The Balaban J connectivity index is 0.000000312. The number of piperidine rings is 2. The van der Waals surface area contributed by atoms with Crippen molar-refractivity contribution in [3.8, 4) is 5.75 Å². The number of benzene rings is 3. The number of rotatable bonds is 11. The second kappa shape index (κ2) is 24.4. The van der Waals surface area contributed by atoms with Crippen LogP contribution < -0.4 is 25.4 Å². The summed E-state index contributed by atoms with van der Waals surface area (Å²) < 4.78 is 92.8. The van der Waals surface area contributed by atoms with Crippen LogP contribution in [0.3, 0.4) is 0 Å². The number of carbonyl (C=O) groups excluding carboxylic acids is 2. The van der Waals surface area contributed by atoms with E-state index in [2.05, 4.69) is 25.4 Å². The summed E-state index contributed by atoms with van der Waals surface area (Å²) in [5, 5.41) is 36.3. The van der Waals surface area contributed by atoms with Crippen LogP contribution in [0.1, 0.15) is 46.5 Å². The molecule has 7 N–H and O–H groups in total. The van der Waals surface area contributed by atoms with E-state index >= 15 is 0 Å². The van der Waals surface area contributed by atoms with Gasteiger partial charge >= 0.3 is 24.3 Å². The van der Waals surface area contributed by atoms with Crippen LogP contribution in [0.15, 0.2) is 52.3 Å². The van der Waals surface area contributed by atoms with Gasteiger partial charge in [0.15, 0.2) is 5.75 Å². The Morgan fingerprint density at radius 3 is 1.81 bits per heavy atom. The molecule has 67 heavy (non-hydrogen) atoms. The third-order valence-corrected chi connectivity index (χ3v) is 14.6. The number of alkyl halides is 3. The molecule has 0 unspecified atom stereocenters. The minimum Gasteiger partial charge on any atom is -0.504 e. The second-order valence-electron chi connectivity index (χ2n) is 15.5. The number of likely N-dealkylation sites (tertiary alicyclic amines) is 1. The minimum absolute atomic E-state index is 0.0142. The molecule has 3 aromatic carbocycles. The lowest BCUT2D eigenvalue weighted by Crippen LogP contribution is -2.43. The highest BCUT2D eigenvalue weighted by molar-refractivity contribution is 7.90. The van der Waals surface area contributed by atoms with E-state index < -0.39 is 81.1 Å². The van der Waals surface area contributed by atoms with Crippen LogP contribution >= 0.6 is 58.0 Å². The van der Waals surface area contributed by atoms with Crippen molar-refractivity contribution in [2.75, 3.05) is 49.9 Å². The number of urea groups is 1. The number of halogens is 8. The lowest BCUT2D eigenvalue weighted by molar-refractivity contribution is -0.384. The summed E-state index contributed by atoms with van der Waals surface area (Å²) in [5.41, 5.74) is -1.01. The zero-order valence-electron chi connectivity index (χ0n) is 35.5. The fraction of sp³-hybridized carbons (Fsp3) is 0.447. The van der Waals surface area contributed by atoms with Gasteiger partial charge in [-0.15, -0.1) is 0 Å². The predicted octanol–water partition coefficient (Wildman–Crippen LogP) is 8.73. The van der Waals surface area contributed by atoms with E-state index in [0.29, 0.717) is 25.9 Å². The van der Waals surface area contributed by atoms with Crippen LogP contribution in [-0.2, 0) is 29.6 Å². The van der Waals surface area contributed by atoms with Gasteiger partial charge in [0.25, 0.3) is 5.69 Å². The fourth-order valence-corrected chi connectivity index (χ4v) is 10.4. The van der Waals surface area contributed by atoms with Crippen molar-refractivity contribution in [2.24, 2.45) is 11.8 Å². The third-order valence-electron chi connectivity index (χ3n) is 9.39. The van der Waals surface area contributed by atoms with Gasteiger partial charge in [-0.2, -0.15) is 13.2 Å². The number of phenols is 1. The van der Waals surface area contributed by atoms with Crippen molar-refractivity contribution in [1.82, 2.24) is 19.7 Å². The van der Waals surface area contributed by atoms with E-state index in [9.17, 15) is 54.8 Å². The van der Waals surface area contributed by atoms with Crippen LogP contribution in [-0.4, -0.2) is 106 Å². The molecule has 29 heteroatoms. The Kier molecular flexibility index (Phi) is 20.9. The summed E-state index contributed by atoms with van der Waals surface area (Å²) >= 11 is 29.9. The Labute approximate surface area is 408 Å². The van der Waals surface area contributed by atoms with E-state index in [0.717, 1.165) is 38.1 Å². The molecule has 2 heterocycles. The molecule has 19 nitrogen and oxygen atoms in total. The van der Waals surface area contributed by atoms with Crippen LogP contribution in [0, 0.1) is 22.0 Å². The van der Waals surface area contributed by atoms with E-state index in [-0.39, 0.29) is 56.4 Å². The van der Waals surface area contributed by atoms with Gasteiger partial charge in [-0.25, -0.2) is 40.7 Å². The van der Waals surface area contributed by atoms with Crippen molar-refractivity contribution >= 4 is 113 Å². The van der Waals surface area contributed by atoms with Crippen LogP contribution in [0.5, 0.6) is 5.75 Å². The first-order chi connectivity index (χ1) is 30.9. The first-order valence-electron chi connectivity index (χ1n) is 19.6. The second-order valence-corrected chi connectivity index (χ2v) is 20.9. The molecule has 3 amide bonds. The first kappa shape index (κ1) is 57.2. The van der Waals surface area contributed by atoms with E-state index in [1.54, 1.807) is 37.8 Å². The van der Waals surface area contributed by atoms with Gasteiger partial charge in [-0.1, -0.05) is 64.1 Å². The number of anilines is 2. The molecular formula is C38H45Cl5F3N7O12S2. The number of sulfonamides is 2. The molecule has 0 saturated carbocycles. The number of hydrogen-bond acceptors (Lipinski definition) is 12. The molecular weight excluding hydrogens is 1040 g/mol. The predicted molar refractivity (Wildman–Crippen MR) is 246 cm³/mol. The smallest absolute Gasteiger partial charge is 0.490 e. The number of nitro groups is 1. The number of amides is 3.